The van der Waals surface area contributed by atoms with E-state index < -0.39 is 9.76 Å². The predicted octanol–water partition coefficient (Wildman–Crippen LogP) is 1.15. The van der Waals surface area contributed by atoms with Gasteiger partial charge in [0, 0.05) is 0 Å². The molecular formula is C6H12OSi. The smallest absolute Gasteiger partial charge is 0.246 e. The van der Waals surface area contributed by atoms with Gasteiger partial charge in [-0.2, -0.15) is 0 Å². The minimum atomic E-state index is -0.495. The SMILES string of the molecule is C=C(C)O[SiH2]C(=C)C. The average Bonchev–Trinajstić information content (AvgIpc) is 1.61. The van der Waals surface area contributed by atoms with E-state index >= 15 is 0 Å². The van der Waals surface area contributed by atoms with Gasteiger partial charge in [-0.25, -0.2) is 0 Å². The van der Waals surface area contributed by atoms with E-state index in [9.17, 15) is 0 Å². The van der Waals surface area contributed by atoms with Gasteiger partial charge in [-0.1, -0.05) is 11.8 Å². The first-order chi connectivity index (χ1) is 3.63. The first-order valence-electron chi connectivity index (χ1n) is 2.55. The minimum Gasteiger partial charge on any atom is -0.549 e. The summed E-state index contributed by atoms with van der Waals surface area (Å²) in [4.78, 5) is 0. The summed E-state index contributed by atoms with van der Waals surface area (Å²) in [6, 6.07) is 0. The van der Waals surface area contributed by atoms with Gasteiger partial charge in [0.25, 0.3) is 0 Å². The van der Waals surface area contributed by atoms with Crippen molar-refractivity contribution in [3.8, 4) is 0 Å². The Hall–Kier alpha value is -0.503. The maximum absolute atomic E-state index is 5.15. The van der Waals surface area contributed by atoms with Gasteiger partial charge in [-0.15, -0.1) is 6.58 Å². The molecule has 0 aliphatic rings. The van der Waals surface area contributed by atoms with E-state index in [-0.39, 0.29) is 0 Å². The van der Waals surface area contributed by atoms with E-state index in [0.29, 0.717) is 0 Å². The molecule has 0 N–H and O–H groups in total. The van der Waals surface area contributed by atoms with E-state index in [0.717, 1.165) is 11.0 Å². The lowest BCUT2D eigenvalue weighted by Crippen LogP contribution is -1.95. The summed E-state index contributed by atoms with van der Waals surface area (Å²) in [5, 5.41) is 1.16. The van der Waals surface area contributed by atoms with Crippen LogP contribution in [0, 0.1) is 0 Å². The third kappa shape index (κ3) is 5.50. The molecule has 0 unspecified atom stereocenters. The zero-order chi connectivity index (χ0) is 6.57. The van der Waals surface area contributed by atoms with Crippen molar-refractivity contribution in [2.24, 2.45) is 0 Å². The van der Waals surface area contributed by atoms with Crippen LogP contribution in [0.3, 0.4) is 0 Å². The number of allylic oxidation sites excluding steroid dienone is 2. The molecule has 0 bridgehead atoms. The Bertz CT molecular complexity index is 93.1. The third-order valence-electron chi connectivity index (χ3n) is 0.565. The molecule has 46 valence electrons. The fourth-order valence-corrected chi connectivity index (χ4v) is 0.739. The number of hydrogen-bond donors (Lipinski definition) is 0. The second-order valence-corrected chi connectivity index (χ2v) is 3.73. The Labute approximate surface area is 53.0 Å². The standard InChI is InChI=1S/C6H12OSi/c1-5(2)7-8-6(3)4/h1,3,8H2,2,4H3. The summed E-state index contributed by atoms with van der Waals surface area (Å²) in [6.45, 7) is 11.2. The molecule has 0 aromatic carbocycles. The largest absolute Gasteiger partial charge is 0.549 e. The second-order valence-electron chi connectivity index (χ2n) is 1.95. The number of hydrogen-bond acceptors (Lipinski definition) is 1. The van der Waals surface area contributed by atoms with Crippen molar-refractivity contribution < 1.29 is 4.43 Å². The molecule has 0 aromatic rings. The van der Waals surface area contributed by atoms with Crippen LogP contribution in [0.15, 0.2) is 24.1 Å². The molecule has 0 saturated heterocycles. The normalized spacial score (nSPS) is 9.75. The first kappa shape index (κ1) is 7.50. The quantitative estimate of drug-likeness (QED) is 0.409. The van der Waals surface area contributed by atoms with Crippen molar-refractivity contribution in [3.63, 3.8) is 0 Å². The van der Waals surface area contributed by atoms with Gasteiger partial charge in [-0.3, -0.25) is 0 Å². The van der Waals surface area contributed by atoms with Crippen LogP contribution in [0.2, 0.25) is 0 Å². The van der Waals surface area contributed by atoms with Gasteiger partial charge in [-0.05, 0) is 13.8 Å². The molecule has 0 spiro atoms. The lowest BCUT2D eigenvalue weighted by atomic mass is 10.7. The fourth-order valence-electron chi connectivity index (χ4n) is 0.246. The molecule has 0 aromatic heterocycles. The van der Waals surface area contributed by atoms with Gasteiger partial charge >= 0.3 is 0 Å². The minimum absolute atomic E-state index is 0.495. The van der Waals surface area contributed by atoms with Crippen LogP contribution >= 0.6 is 0 Å². The molecule has 0 radical (unpaired) electrons. The monoisotopic (exact) mass is 128 g/mol. The molecular weight excluding hydrogens is 116 g/mol. The molecule has 0 rings (SSSR count). The number of rotatable bonds is 3. The summed E-state index contributed by atoms with van der Waals surface area (Å²) in [5.41, 5.74) is 0. The molecule has 0 saturated carbocycles. The van der Waals surface area contributed by atoms with Crippen molar-refractivity contribution in [1.82, 2.24) is 0 Å². The summed E-state index contributed by atoms with van der Waals surface area (Å²) in [5.74, 6) is 0.805. The van der Waals surface area contributed by atoms with Crippen LogP contribution in [0.4, 0.5) is 0 Å². The first-order valence-corrected chi connectivity index (χ1v) is 3.84. The molecule has 2 heteroatoms. The highest BCUT2D eigenvalue weighted by Crippen LogP contribution is 1.91. The van der Waals surface area contributed by atoms with Gasteiger partial charge < -0.3 is 4.43 Å². The van der Waals surface area contributed by atoms with Gasteiger partial charge in [0.15, 0.2) is 0 Å². The van der Waals surface area contributed by atoms with Gasteiger partial charge in [0.05, 0.1) is 5.76 Å². The van der Waals surface area contributed by atoms with Crippen LogP contribution < -0.4 is 0 Å². The highest BCUT2D eigenvalue weighted by Gasteiger charge is 1.86. The van der Waals surface area contributed by atoms with Crippen molar-refractivity contribution in [2.75, 3.05) is 0 Å². The Morgan fingerprint density at radius 3 is 2.00 bits per heavy atom. The lowest BCUT2D eigenvalue weighted by molar-refractivity contribution is 0.463. The van der Waals surface area contributed by atoms with E-state index in [1.165, 1.54) is 0 Å². The van der Waals surface area contributed by atoms with Crippen LogP contribution in [-0.4, -0.2) is 9.76 Å². The fraction of sp³-hybridized carbons (Fsp3) is 0.333. The third-order valence-corrected chi connectivity index (χ3v) is 1.69. The van der Waals surface area contributed by atoms with E-state index in [2.05, 4.69) is 13.2 Å². The summed E-state index contributed by atoms with van der Waals surface area (Å²) in [6.07, 6.45) is 0. The Morgan fingerprint density at radius 2 is 1.88 bits per heavy atom. The Morgan fingerprint density at radius 1 is 1.38 bits per heavy atom. The van der Waals surface area contributed by atoms with E-state index in [1.54, 1.807) is 0 Å². The maximum Gasteiger partial charge on any atom is 0.246 e. The molecule has 0 fully saturated rings. The van der Waals surface area contributed by atoms with Crippen molar-refractivity contribution in [1.29, 1.82) is 0 Å². The Balaban J connectivity index is 3.18. The van der Waals surface area contributed by atoms with Crippen LogP contribution in [0.5, 0.6) is 0 Å². The highest BCUT2D eigenvalue weighted by atomic mass is 28.2. The molecule has 0 amide bonds. The lowest BCUT2D eigenvalue weighted by Gasteiger charge is -2.01. The van der Waals surface area contributed by atoms with Gasteiger partial charge in [0.1, 0.15) is 0 Å². The van der Waals surface area contributed by atoms with E-state index in [1.807, 2.05) is 13.8 Å². The van der Waals surface area contributed by atoms with Crippen LogP contribution in [0.25, 0.3) is 0 Å². The molecule has 0 aliphatic heterocycles. The highest BCUT2D eigenvalue weighted by molar-refractivity contribution is 6.37. The zero-order valence-corrected chi connectivity index (χ0v) is 6.94. The average molecular weight is 128 g/mol. The second kappa shape index (κ2) is 3.49. The van der Waals surface area contributed by atoms with Crippen molar-refractivity contribution in [3.05, 3.63) is 24.1 Å². The van der Waals surface area contributed by atoms with Crippen molar-refractivity contribution in [2.45, 2.75) is 13.8 Å². The molecule has 8 heavy (non-hydrogen) atoms. The van der Waals surface area contributed by atoms with Crippen LogP contribution in [-0.2, 0) is 4.43 Å². The van der Waals surface area contributed by atoms with E-state index in [4.69, 9.17) is 4.43 Å². The Kier molecular flexibility index (Phi) is 3.27. The zero-order valence-electron chi connectivity index (χ0n) is 5.53. The summed E-state index contributed by atoms with van der Waals surface area (Å²) in [7, 11) is -0.495. The topological polar surface area (TPSA) is 9.23 Å². The molecule has 0 aliphatic carbocycles. The van der Waals surface area contributed by atoms with Crippen molar-refractivity contribution >= 4 is 9.76 Å². The molecule has 0 heterocycles. The summed E-state index contributed by atoms with van der Waals surface area (Å²) < 4.78 is 5.15. The predicted molar refractivity (Wildman–Crippen MR) is 39.3 cm³/mol. The molecule has 1 nitrogen and oxygen atoms in total. The maximum atomic E-state index is 5.15. The summed E-state index contributed by atoms with van der Waals surface area (Å²) >= 11 is 0. The van der Waals surface area contributed by atoms with Crippen LogP contribution in [0.1, 0.15) is 13.8 Å². The molecule has 0 atom stereocenters. The van der Waals surface area contributed by atoms with Gasteiger partial charge in [0.2, 0.25) is 9.76 Å².